The summed E-state index contributed by atoms with van der Waals surface area (Å²) < 4.78 is 6.79. The molecular formula is C17H14BrNO2. The van der Waals surface area contributed by atoms with Crippen molar-refractivity contribution in [1.82, 2.24) is 0 Å². The summed E-state index contributed by atoms with van der Waals surface area (Å²) in [6, 6.07) is 16.1. The fraction of sp³-hybridized carbons (Fsp3) is 0.235. The molecule has 1 spiro atoms. The predicted octanol–water partition coefficient (Wildman–Crippen LogP) is 4.75. The van der Waals surface area contributed by atoms with Crippen molar-refractivity contribution in [3.05, 3.63) is 59.7 Å². The van der Waals surface area contributed by atoms with Gasteiger partial charge in [0.2, 0.25) is 0 Å². The minimum atomic E-state index is -0.264. The molecule has 4 rings (SSSR count). The van der Waals surface area contributed by atoms with E-state index in [4.69, 9.17) is 9.57 Å². The molecule has 0 unspecified atom stereocenters. The highest BCUT2D eigenvalue weighted by Gasteiger charge is 2.45. The van der Waals surface area contributed by atoms with E-state index in [9.17, 15) is 0 Å². The van der Waals surface area contributed by atoms with Crippen molar-refractivity contribution in [2.24, 2.45) is 5.16 Å². The zero-order valence-corrected chi connectivity index (χ0v) is 13.0. The van der Waals surface area contributed by atoms with Crippen LogP contribution in [0, 0.1) is 0 Å². The van der Waals surface area contributed by atoms with Crippen molar-refractivity contribution in [3.8, 4) is 11.5 Å². The molecule has 3 nitrogen and oxygen atoms in total. The Morgan fingerprint density at radius 3 is 2.71 bits per heavy atom. The molecule has 21 heavy (non-hydrogen) atoms. The molecule has 0 fully saturated rings. The molecule has 1 aliphatic carbocycles. The van der Waals surface area contributed by atoms with Crippen LogP contribution in [0.1, 0.15) is 24.0 Å². The normalized spacial score (nSPS) is 22.8. The molecule has 2 aliphatic rings. The van der Waals surface area contributed by atoms with Crippen LogP contribution in [0.5, 0.6) is 11.5 Å². The van der Waals surface area contributed by atoms with Gasteiger partial charge in [-0.2, -0.15) is 0 Å². The van der Waals surface area contributed by atoms with E-state index in [-0.39, 0.29) is 5.60 Å². The van der Waals surface area contributed by atoms with E-state index >= 15 is 0 Å². The molecule has 0 saturated carbocycles. The van der Waals surface area contributed by atoms with Gasteiger partial charge in [0.15, 0.2) is 5.60 Å². The first-order valence-electron chi connectivity index (χ1n) is 7.02. The summed E-state index contributed by atoms with van der Waals surface area (Å²) >= 11 is 3.43. The average Bonchev–Trinajstić information content (AvgIpc) is 3.05. The van der Waals surface area contributed by atoms with Crippen LogP contribution >= 0.6 is 15.9 Å². The van der Waals surface area contributed by atoms with E-state index in [1.165, 1.54) is 11.1 Å². The number of rotatable bonds is 2. The molecule has 0 saturated heterocycles. The fourth-order valence-electron chi connectivity index (χ4n) is 3.10. The van der Waals surface area contributed by atoms with Crippen LogP contribution in [0.25, 0.3) is 0 Å². The van der Waals surface area contributed by atoms with Crippen molar-refractivity contribution in [2.45, 2.75) is 24.9 Å². The zero-order valence-electron chi connectivity index (χ0n) is 11.4. The van der Waals surface area contributed by atoms with Crippen LogP contribution in [0.4, 0.5) is 0 Å². The third-order valence-corrected chi connectivity index (χ3v) is 4.52. The van der Waals surface area contributed by atoms with Crippen molar-refractivity contribution in [3.63, 3.8) is 0 Å². The van der Waals surface area contributed by atoms with E-state index in [0.29, 0.717) is 0 Å². The first-order valence-corrected chi connectivity index (χ1v) is 7.81. The average molecular weight is 344 g/mol. The van der Waals surface area contributed by atoms with Gasteiger partial charge in [0.25, 0.3) is 0 Å². The summed E-state index contributed by atoms with van der Waals surface area (Å²) in [5.74, 6) is 1.73. The highest BCUT2D eigenvalue weighted by molar-refractivity contribution is 9.18. The number of para-hydroxylation sites is 1. The lowest BCUT2D eigenvalue weighted by Crippen LogP contribution is -2.21. The number of hydrogen-bond donors (Lipinski definition) is 0. The largest absolute Gasteiger partial charge is 0.457 e. The highest BCUT2D eigenvalue weighted by Crippen LogP contribution is 2.47. The minimum absolute atomic E-state index is 0.264. The maximum absolute atomic E-state index is 5.90. The Hall–Kier alpha value is -1.81. The summed E-state index contributed by atoms with van der Waals surface area (Å²) in [6.45, 7) is 0. The zero-order chi connectivity index (χ0) is 14.3. The maximum atomic E-state index is 5.90. The van der Waals surface area contributed by atoms with Gasteiger partial charge >= 0.3 is 0 Å². The Morgan fingerprint density at radius 2 is 1.95 bits per heavy atom. The van der Waals surface area contributed by atoms with Crippen molar-refractivity contribution in [1.29, 1.82) is 0 Å². The SMILES string of the molecule is BrC1=NO[C@@]2(CCc3cc(Oc4ccccc4)ccc32)C1. The van der Waals surface area contributed by atoms with Crippen LogP contribution in [-0.4, -0.2) is 4.62 Å². The quantitative estimate of drug-likeness (QED) is 0.787. The third-order valence-electron chi connectivity index (χ3n) is 4.10. The summed E-state index contributed by atoms with van der Waals surface area (Å²) in [5.41, 5.74) is 2.27. The number of hydrogen-bond acceptors (Lipinski definition) is 3. The third kappa shape index (κ3) is 2.23. The molecule has 2 aromatic rings. The Bertz CT molecular complexity index is 714. The lowest BCUT2D eigenvalue weighted by Gasteiger charge is -2.21. The molecule has 0 aromatic heterocycles. The van der Waals surface area contributed by atoms with Crippen LogP contribution in [0.2, 0.25) is 0 Å². The van der Waals surface area contributed by atoms with Gasteiger partial charge in [-0.15, -0.1) is 0 Å². The lowest BCUT2D eigenvalue weighted by atomic mass is 9.93. The van der Waals surface area contributed by atoms with Crippen molar-refractivity contribution in [2.75, 3.05) is 0 Å². The summed E-state index contributed by atoms with van der Waals surface area (Å²) in [4.78, 5) is 5.70. The van der Waals surface area contributed by atoms with Gasteiger partial charge in [-0.3, -0.25) is 0 Å². The van der Waals surface area contributed by atoms with Gasteiger partial charge in [-0.05, 0) is 58.6 Å². The fourth-order valence-corrected chi connectivity index (χ4v) is 3.62. The van der Waals surface area contributed by atoms with Gasteiger partial charge in [0, 0.05) is 12.0 Å². The first-order chi connectivity index (χ1) is 10.3. The van der Waals surface area contributed by atoms with E-state index in [1.54, 1.807) is 0 Å². The molecular weight excluding hydrogens is 330 g/mol. The second-order valence-corrected chi connectivity index (χ2v) is 6.38. The van der Waals surface area contributed by atoms with Gasteiger partial charge in [-0.1, -0.05) is 29.4 Å². The summed E-state index contributed by atoms with van der Waals surface area (Å²) in [7, 11) is 0. The Balaban J connectivity index is 1.62. The molecule has 0 N–H and O–H groups in total. The number of benzene rings is 2. The molecule has 0 amide bonds. The minimum Gasteiger partial charge on any atom is -0.457 e. The number of nitrogens with zero attached hydrogens (tertiary/aromatic N) is 1. The van der Waals surface area contributed by atoms with E-state index in [0.717, 1.165) is 35.4 Å². The van der Waals surface area contributed by atoms with Crippen LogP contribution in [0.3, 0.4) is 0 Å². The highest BCUT2D eigenvalue weighted by atomic mass is 79.9. The summed E-state index contributed by atoms with van der Waals surface area (Å²) in [6.07, 6.45) is 2.78. The number of ether oxygens (including phenoxy) is 1. The second kappa shape index (κ2) is 4.88. The molecule has 4 heteroatoms. The van der Waals surface area contributed by atoms with Crippen molar-refractivity contribution >= 4 is 20.6 Å². The molecule has 0 bridgehead atoms. The van der Waals surface area contributed by atoms with Gasteiger partial charge in [0.1, 0.15) is 16.1 Å². The number of oxime groups is 1. The molecule has 106 valence electrons. The topological polar surface area (TPSA) is 30.8 Å². The monoisotopic (exact) mass is 343 g/mol. The second-order valence-electron chi connectivity index (χ2n) is 5.46. The van der Waals surface area contributed by atoms with Crippen LogP contribution < -0.4 is 4.74 Å². The van der Waals surface area contributed by atoms with E-state index in [1.807, 2.05) is 36.4 Å². The smallest absolute Gasteiger partial charge is 0.169 e. The Labute approximate surface area is 131 Å². The van der Waals surface area contributed by atoms with Gasteiger partial charge in [0.05, 0.1) is 0 Å². The first kappa shape index (κ1) is 12.9. The van der Waals surface area contributed by atoms with Gasteiger partial charge in [-0.25, -0.2) is 0 Å². The number of aryl methyl sites for hydroxylation is 1. The Morgan fingerprint density at radius 1 is 1.10 bits per heavy atom. The Kier molecular flexibility index (Phi) is 3.00. The van der Waals surface area contributed by atoms with Gasteiger partial charge < -0.3 is 9.57 Å². The molecule has 0 radical (unpaired) electrons. The predicted molar refractivity (Wildman–Crippen MR) is 85.0 cm³/mol. The van der Waals surface area contributed by atoms with E-state index in [2.05, 4.69) is 33.2 Å². The molecule has 1 aliphatic heterocycles. The number of fused-ring (bicyclic) bond motifs is 2. The standard InChI is InChI=1S/C17H14BrNO2/c18-16-11-17(21-19-16)9-8-12-10-14(6-7-15(12)17)20-13-4-2-1-3-5-13/h1-7,10H,8-9,11H2/t17-/m0/s1. The molecule has 1 atom stereocenters. The number of halogens is 1. The maximum Gasteiger partial charge on any atom is 0.169 e. The lowest BCUT2D eigenvalue weighted by molar-refractivity contribution is -0.0215. The van der Waals surface area contributed by atoms with Crippen LogP contribution in [-0.2, 0) is 16.9 Å². The van der Waals surface area contributed by atoms with Crippen molar-refractivity contribution < 1.29 is 9.57 Å². The van der Waals surface area contributed by atoms with Crippen LogP contribution in [0.15, 0.2) is 53.7 Å². The summed E-state index contributed by atoms with van der Waals surface area (Å²) in [5, 5.41) is 4.06. The molecule has 2 aromatic carbocycles. The van der Waals surface area contributed by atoms with E-state index < -0.39 is 0 Å². The molecule has 1 heterocycles.